The van der Waals surface area contributed by atoms with E-state index in [1.807, 2.05) is 0 Å². The summed E-state index contributed by atoms with van der Waals surface area (Å²) in [6.07, 6.45) is -3.92. The molecule has 2 aromatic rings. The van der Waals surface area contributed by atoms with E-state index in [0.717, 1.165) is 30.3 Å². The topological polar surface area (TPSA) is 130 Å². The first-order chi connectivity index (χ1) is 14.4. The van der Waals surface area contributed by atoms with E-state index in [-0.39, 0.29) is 15.5 Å². The molecule has 1 fully saturated rings. The number of benzene rings is 2. The van der Waals surface area contributed by atoms with Crippen LogP contribution in [0.15, 0.2) is 42.0 Å². The average Bonchev–Trinajstić information content (AvgIpc) is 2.66. The van der Waals surface area contributed by atoms with E-state index >= 15 is 0 Å². The highest BCUT2D eigenvalue weighted by Gasteiger charge is 2.39. The summed E-state index contributed by atoms with van der Waals surface area (Å²) in [7, 11) is 0. The predicted octanol–water partition coefficient (Wildman–Crippen LogP) is 3.64. The van der Waals surface area contributed by atoms with Gasteiger partial charge in [0, 0.05) is 6.07 Å². The maximum atomic E-state index is 13.0. The molecule has 0 spiro atoms. The number of halogens is 4. The van der Waals surface area contributed by atoms with Gasteiger partial charge in [-0.15, -0.1) is 0 Å². The number of hydrogen-bond donors (Lipinski definition) is 2. The van der Waals surface area contributed by atoms with E-state index < -0.39 is 57.2 Å². The molecule has 1 aliphatic heterocycles. The molecular formula is C18H9ClF3N3O6. The molecule has 2 aromatic carbocycles. The Labute approximate surface area is 175 Å². The lowest BCUT2D eigenvalue weighted by molar-refractivity contribution is -0.385. The first kappa shape index (κ1) is 21.8. The number of imide groups is 2. The third-order valence-electron chi connectivity index (χ3n) is 4.12. The molecule has 9 nitrogen and oxygen atoms in total. The van der Waals surface area contributed by atoms with Crippen molar-refractivity contribution in [3.05, 3.63) is 68.2 Å². The van der Waals surface area contributed by atoms with Gasteiger partial charge in [-0.3, -0.25) is 25.0 Å². The number of urea groups is 1. The lowest BCUT2D eigenvalue weighted by Gasteiger charge is -2.27. The van der Waals surface area contributed by atoms with E-state index in [9.17, 15) is 42.8 Å². The molecule has 0 bridgehead atoms. The summed E-state index contributed by atoms with van der Waals surface area (Å²) in [5, 5.41) is 21.9. The second-order valence-corrected chi connectivity index (χ2v) is 6.53. The third kappa shape index (κ3) is 4.19. The summed E-state index contributed by atoms with van der Waals surface area (Å²) < 4.78 is 39.1. The lowest BCUT2D eigenvalue weighted by Crippen LogP contribution is -2.54. The molecule has 0 radical (unpaired) electrons. The van der Waals surface area contributed by atoms with Gasteiger partial charge in [-0.25, -0.2) is 9.69 Å². The number of hydrogen-bond acceptors (Lipinski definition) is 6. The number of carbonyl (C=O) groups is 3. The Bertz CT molecular complexity index is 1180. The number of barbiturate groups is 1. The summed E-state index contributed by atoms with van der Waals surface area (Å²) in [5.74, 6) is -3.14. The van der Waals surface area contributed by atoms with Crippen molar-refractivity contribution >= 4 is 46.9 Å². The highest BCUT2D eigenvalue weighted by atomic mass is 35.5. The van der Waals surface area contributed by atoms with Gasteiger partial charge in [0.05, 0.1) is 21.2 Å². The van der Waals surface area contributed by atoms with E-state index in [1.54, 1.807) is 5.32 Å². The van der Waals surface area contributed by atoms with Crippen LogP contribution in [0.5, 0.6) is 5.75 Å². The minimum atomic E-state index is -4.80. The molecule has 13 heteroatoms. The predicted molar refractivity (Wildman–Crippen MR) is 100 cm³/mol. The summed E-state index contributed by atoms with van der Waals surface area (Å²) in [4.78, 5) is 47.4. The Morgan fingerprint density at radius 2 is 1.81 bits per heavy atom. The number of phenols is 1. The molecule has 0 aliphatic carbocycles. The fourth-order valence-corrected chi connectivity index (χ4v) is 2.88. The monoisotopic (exact) mass is 455 g/mol. The highest BCUT2D eigenvalue weighted by molar-refractivity contribution is 6.42. The number of carbonyl (C=O) groups excluding carboxylic acids is 3. The Balaban J connectivity index is 2.09. The Hall–Kier alpha value is -3.93. The summed E-state index contributed by atoms with van der Waals surface area (Å²) in [6.45, 7) is 0. The van der Waals surface area contributed by atoms with Gasteiger partial charge in [0.15, 0.2) is 5.75 Å². The third-order valence-corrected chi connectivity index (χ3v) is 4.44. The zero-order valence-electron chi connectivity index (χ0n) is 14.9. The Morgan fingerprint density at radius 1 is 1.13 bits per heavy atom. The van der Waals surface area contributed by atoms with Crippen molar-refractivity contribution in [2.45, 2.75) is 6.18 Å². The molecule has 0 aromatic heterocycles. The van der Waals surface area contributed by atoms with E-state index in [4.69, 9.17) is 11.6 Å². The van der Waals surface area contributed by atoms with Crippen LogP contribution in [-0.4, -0.2) is 27.9 Å². The fraction of sp³-hybridized carbons (Fsp3) is 0.0556. The van der Waals surface area contributed by atoms with Crippen molar-refractivity contribution in [2.24, 2.45) is 0 Å². The van der Waals surface area contributed by atoms with Crippen LogP contribution in [0, 0.1) is 10.1 Å². The van der Waals surface area contributed by atoms with Crippen molar-refractivity contribution in [2.75, 3.05) is 4.90 Å². The van der Waals surface area contributed by atoms with Crippen LogP contribution < -0.4 is 10.2 Å². The van der Waals surface area contributed by atoms with Crippen molar-refractivity contribution in [1.29, 1.82) is 0 Å². The number of nitro groups is 1. The molecule has 3 rings (SSSR count). The Morgan fingerprint density at radius 3 is 2.42 bits per heavy atom. The molecule has 1 heterocycles. The van der Waals surface area contributed by atoms with Gasteiger partial charge >= 0.3 is 17.9 Å². The number of nitrogens with zero attached hydrogens (tertiary/aromatic N) is 2. The first-order valence-electron chi connectivity index (χ1n) is 8.15. The number of aromatic hydroxyl groups is 1. The largest absolute Gasteiger partial charge is 0.502 e. The van der Waals surface area contributed by atoms with Crippen LogP contribution in [0.25, 0.3) is 6.08 Å². The minimum absolute atomic E-state index is 0.0626. The second kappa shape index (κ2) is 7.72. The van der Waals surface area contributed by atoms with Gasteiger partial charge in [0.2, 0.25) is 0 Å². The van der Waals surface area contributed by atoms with Crippen LogP contribution in [0.3, 0.4) is 0 Å². The molecule has 31 heavy (non-hydrogen) atoms. The number of nitro benzene ring substituents is 1. The van der Waals surface area contributed by atoms with Gasteiger partial charge in [-0.2, -0.15) is 13.2 Å². The molecule has 4 amide bonds. The van der Waals surface area contributed by atoms with Crippen LogP contribution >= 0.6 is 11.6 Å². The molecule has 2 N–H and O–H groups in total. The average molecular weight is 456 g/mol. The van der Waals surface area contributed by atoms with Crippen LogP contribution in [0.1, 0.15) is 11.1 Å². The van der Waals surface area contributed by atoms with E-state index in [1.165, 1.54) is 0 Å². The Kier molecular flexibility index (Phi) is 5.42. The van der Waals surface area contributed by atoms with Crippen molar-refractivity contribution in [1.82, 2.24) is 5.32 Å². The van der Waals surface area contributed by atoms with Crippen LogP contribution in [0.2, 0.25) is 5.02 Å². The van der Waals surface area contributed by atoms with Crippen molar-refractivity contribution in [3.8, 4) is 5.75 Å². The second-order valence-electron chi connectivity index (χ2n) is 6.13. The van der Waals surface area contributed by atoms with Gasteiger partial charge in [-0.1, -0.05) is 17.7 Å². The van der Waals surface area contributed by atoms with E-state index in [0.29, 0.717) is 12.1 Å². The molecule has 1 saturated heterocycles. The molecule has 1 aliphatic rings. The van der Waals surface area contributed by atoms with Gasteiger partial charge in [0.1, 0.15) is 5.57 Å². The van der Waals surface area contributed by atoms with Crippen molar-refractivity contribution in [3.63, 3.8) is 0 Å². The quantitative estimate of drug-likeness (QED) is 0.314. The number of phenolic OH excluding ortho intramolecular Hbond substituents is 1. The zero-order valence-corrected chi connectivity index (χ0v) is 15.7. The van der Waals surface area contributed by atoms with Crippen LogP contribution in [0.4, 0.5) is 29.3 Å². The molecule has 0 saturated carbocycles. The zero-order chi connectivity index (χ0) is 23.1. The normalized spacial score (nSPS) is 15.9. The van der Waals surface area contributed by atoms with E-state index in [2.05, 4.69) is 0 Å². The first-order valence-corrected chi connectivity index (χ1v) is 8.53. The van der Waals surface area contributed by atoms with Crippen LogP contribution in [-0.2, 0) is 15.8 Å². The summed E-state index contributed by atoms with van der Waals surface area (Å²) >= 11 is 5.88. The van der Waals surface area contributed by atoms with Gasteiger partial charge in [-0.05, 0) is 35.9 Å². The number of nitrogens with one attached hydrogen (secondary N) is 1. The smallest absolute Gasteiger partial charge is 0.416 e. The summed E-state index contributed by atoms with van der Waals surface area (Å²) in [5.41, 5.74) is -3.29. The van der Waals surface area contributed by atoms with Gasteiger partial charge in [0.25, 0.3) is 11.8 Å². The fourth-order valence-electron chi connectivity index (χ4n) is 2.68. The number of amides is 4. The lowest BCUT2D eigenvalue weighted by atomic mass is 10.1. The minimum Gasteiger partial charge on any atom is -0.502 e. The highest BCUT2D eigenvalue weighted by Crippen LogP contribution is 2.37. The number of anilines is 1. The van der Waals surface area contributed by atoms with Crippen molar-refractivity contribution < 1.29 is 37.6 Å². The maximum absolute atomic E-state index is 13.0. The van der Waals surface area contributed by atoms with Gasteiger partial charge < -0.3 is 5.11 Å². The standard InChI is InChI=1S/C18H9ClF3N3O6/c19-11-3-2-9(18(20,21)22)7-12(11)24-16(28)10(15(27)23-17(24)29)5-8-1-4-14(26)13(6-8)25(30)31/h1-7,26H,(H,23,27,29)/b10-5-. The molecule has 0 unspecified atom stereocenters. The molecular weight excluding hydrogens is 447 g/mol. The molecule has 0 atom stereocenters. The summed E-state index contributed by atoms with van der Waals surface area (Å²) in [6, 6.07) is 3.58. The number of rotatable bonds is 3. The molecule has 160 valence electrons. The SMILES string of the molecule is O=C1NC(=O)N(c2cc(C(F)(F)F)ccc2Cl)C(=O)/C1=C\c1ccc(O)c([N+](=O)[O-])c1. The number of alkyl halides is 3. The maximum Gasteiger partial charge on any atom is 0.416 e.